The predicted octanol–water partition coefficient (Wildman–Crippen LogP) is -0.153. The van der Waals surface area contributed by atoms with Gasteiger partial charge in [0.2, 0.25) is 0 Å². The normalized spacial score (nSPS) is 13.3. The molecule has 0 aromatic carbocycles. The van der Waals surface area contributed by atoms with Crippen molar-refractivity contribution in [2.24, 2.45) is 5.73 Å². The van der Waals surface area contributed by atoms with Crippen LogP contribution in [0.4, 0.5) is 0 Å². The standard InChI is InChI=1S/C7H14N4/c1-6(2-8)9-3-7-4-10-11-5-7/h4-6,9H,2-3,8H2,1H3,(H,10,11). The van der Waals surface area contributed by atoms with Crippen molar-refractivity contribution in [2.45, 2.75) is 19.5 Å². The molecule has 0 aliphatic heterocycles. The van der Waals surface area contributed by atoms with Crippen LogP contribution < -0.4 is 11.1 Å². The molecule has 0 saturated heterocycles. The van der Waals surface area contributed by atoms with Gasteiger partial charge in [-0.3, -0.25) is 5.10 Å². The maximum atomic E-state index is 5.43. The summed E-state index contributed by atoms with van der Waals surface area (Å²) in [6.07, 6.45) is 3.67. The van der Waals surface area contributed by atoms with Crippen LogP contribution in [0.15, 0.2) is 12.4 Å². The van der Waals surface area contributed by atoms with E-state index in [0.717, 1.165) is 12.1 Å². The number of nitrogens with zero attached hydrogens (tertiary/aromatic N) is 1. The molecule has 1 rings (SSSR count). The Morgan fingerprint density at radius 3 is 3.18 bits per heavy atom. The number of rotatable bonds is 4. The van der Waals surface area contributed by atoms with Crippen LogP contribution in [-0.2, 0) is 6.54 Å². The van der Waals surface area contributed by atoms with Crippen molar-refractivity contribution in [1.29, 1.82) is 0 Å². The van der Waals surface area contributed by atoms with Crippen LogP contribution in [0.1, 0.15) is 12.5 Å². The van der Waals surface area contributed by atoms with Crippen LogP contribution in [0, 0.1) is 0 Å². The summed E-state index contributed by atoms with van der Waals surface area (Å²) < 4.78 is 0. The molecule has 1 aromatic heterocycles. The highest BCUT2D eigenvalue weighted by atomic mass is 15.1. The fourth-order valence-electron chi connectivity index (χ4n) is 0.750. The maximum Gasteiger partial charge on any atom is 0.0532 e. The summed E-state index contributed by atoms with van der Waals surface area (Å²) in [5, 5.41) is 9.83. The number of nitrogens with two attached hydrogens (primary N) is 1. The largest absolute Gasteiger partial charge is 0.329 e. The smallest absolute Gasteiger partial charge is 0.0532 e. The van der Waals surface area contributed by atoms with Gasteiger partial charge in [-0.25, -0.2) is 0 Å². The van der Waals surface area contributed by atoms with Crippen LogP contribution in [0.3, 0.4) is 0 Å². The topological polar surface area (TPSA) is 66.7 Å². The Bertz CT molecular complexity index is 182. The Balaban J connectivity index is 2.23. The van der Waals surface area contributed by atoms with Gasteiger partial charge in [0.15, 0.2) is 0 Å². The molecule has 1 aromatic rings. The molecule has 4 heteroatoms. The SMILES string of the molecule is CC(CN)NCc1cn[nH]c1. The van der Waals surface area contributed by atoms with Gasteiger partial charge in [0.1, 0.15) is 0 Å². The van der Waals surface area contributed by atoms with E-state index in [4.69, 9.17) is 5.73 Å². The van der Waals surface area contributed by atoms with E-state index in [9.17, 15) is 0 Å². The van der Waals surface area contributed by atoms with Gasteiger partial charge in [-0.1, -0.05) is 0 Å². The summed E-state index contributed by atoms with van der Waals surface area (Å²) in [5.41, 5.74) is 6.58. The molecule has 0 fully saturated rings. The third-order valence-corrected chi connectivity index (χ3v) is 1.56. The second kappa shape index (κ2) is 4.10. The first-order valence-corrected chi connectivity index (χ1v) is 3.74. The number of hydrogen-bond donors (Lipinski definition) is 3. The molecule has 0 aliphatic rings. The zero-order valence-electron chi connectivity index (χ0n) is 6.67. The lowest BCUT2D eigenvalue weighted by Crippen LogP contribution is -2.32. The Morgan fingerprint density at radius 1 is 1.82 bits per heavy atom. The van der Waals surface area contributed by atoms with Gasteiger partial charge in [-0.15, -0.1) is 0 Å². The van der Waals surface area contributed by atoms with E-state index in [2.05, 4.69) is 22.4 Å². The molecule has 0 spiro atoms. The van der Waals surface area contributed by atoms with Gasteiger partial charge >= 0.3 is 0 Å². The second-order valence-corrected chi connectivity index (χ2v) is 2.62. The first kappa shape index (κ1) is 8.23. The fraction of sp³-hybridized carbons (Fsp3) is 0.571. The van der Waals surface area contributed by atoms with Crippen molar-refractivity contribution < 1.29 is 0 Å². The number of H-pyrrole nitrogens is 1. The first-order valence-electron chi connectivity index (χ1n) is 3.74. The molecule has 0 aliphatic carbocycles. The van der Waals surface area contributed by atoms with E-state index < -0.39 is 0 Å². The van der Waals surface area contributed by atoms with Crippen molar-refractivity contribution in [3.63, 3.8) is 0 Å². The lowest BCUT2D eigenvalue weighted by Gasteiger charge is -2.08. The highest BCUT2D eigenvalue weighted by Gasteiger charge is 1.97. The molecule has 1 unspecified atom stereocenters. The van der Waals surface area contributed by atoms with Gasteiger partial charge in [0.25, 0.3) is 0 Å². The molecule has 11 heavy (non-hydrogen) atoms. The summed E-state index contributed by atoms with van der Waals surface area (Å²) in [6, 6.07) is 0.366. The average molecular weight is 154 g/mol. The molecular weight excluding hydrogens is 140 g/mol. The Morgan fingerprint density at radius 2 is 2.64 bits per heavy atom. The fourth-order valence-corrected chi connectivity index (χ4v) is 0.750. The van der Waals surface area contributed by atoms with Crippen molar-refractivity contribution in [3.8, 4) is 0 Å². The molecule has 4 N–H and O–H groups in total. The van der Waals surface area contributed by atoms with Gasteiger partial charge in [0.05, 0.1) is 6.20 Å². The van der Waals surface area contributed by atoms with Crippen LogP contribution in [0.2, 0.25) is 0 Å². The van der Waals surface area contributed by atoms with Crippen molar-refractivity contribution in [3.05, 3.63) is 18.0 Å². The van der Waals surface area contributed by atoms with Crippen LogP contribution >= 0.6 is 0 Å². The van der Waals surface area contributed by atoms with E-state index in [1.807, 2.05) is 6.20 Å². The summed E-state index contributed by atoms with van der Waals surface area (Å²) in [5.74, 6) is 0. The van der Waals surface area contributed by atoms with Crippen LogP contribution in [0.25, 0.3) is 0 Å². The summed E-state index contributed by atoms with van der Waals surface area (Å²) in [4.78, 5) is 0. The van der Waals surface area contributed by atoms with Crippen molar-refractivity contribution in [1.82, 2.24) is 15.5 Å². The Kier molecular flexibility index (Phi) is 3.07. The minimum absolute atomic E-state index is 0.366. The average Bonchev–Trinajstić information content (AvgIpc) is 2.52. The van der Waals surface area contributed by atoms with E-state index in [1.165, 1.54) is 0 Å². The minimum atomic E-state index is 0.366. The quantitative estimate of drug-likeness (QED) is 0.565. The van der Waals surface area contributed by atoms with E-state index >= 15 is 0 Å². The molecule has 1 atom stereocenters. The Hall–Kier alpha value is -0.870. The van der Waals surface area contributed by atoms with Gasteiger partial charge in [0, 0.05) is 30.9 Å². The number of aromatic amines is 1. The Labute approximate surface area is 66.2 Å². The summed E-state index contributed by atoms with van der Waals surface area (Å²) >= 11 is 0. The third-order valence-electron chi connectivity index (χ3n) is 1.56. The molecule has 4 nitrogen and oxygen atoms in total. The van der Waals surface area contributed by atoms with E-state index in [0.29, 0.717) is 12.6 Å². The molecule has 0 saturated carbocycles. The minimum Gasteiger partial charge on any atom is -0.329 e. The van der Waals surface area contributed by atoms with Gasteiger partial charge in [-0.2, -0.15) is 5.10 Å². The lowest BCUT2D eigenvalue weighted by molar-refractivity contribution is 0.556. The molecule has 62 valence electrons. The van der Waals surface area contributed by atoms with Crippen molar-refractivity contribution >= 4 is 0 Å². The second-order valence-electron chi connectivity index (χ2n) is 2.62. The zero-order chi connectivity index (χ0) is 8.10. The molecule has 0 bridgehead atoms. The van der Waals surface area contributed by atoms with E-state index in [-0.39, 0.29) is 0 Å². The summed E-state index contributed by atoms with van der Waals surface area (Å²) in [7, 11) is 0. The molecule has 0 radical (unpaired) electrons. The van der Waals surface area contributed by atoms with E-state index in [1.54, 1.807) is 6.20 Å². The summed E-state index contributed by atoms with van der Waals surface area (Å²) in [6.45, 7) is 3.55. The highest BCUT2D eigenvalue weighted by Crippen LogP contribution is 1.92. The number of hydrogen-bond acceptors (Lipinski definition) is 3. The highest BCUT2D eigenvalue weighted by molar-refractivity contribution is 5.01. The molecule has 0 amide bonds. The van der Waals surface area contributed by atoms with Crippen molar-refractivity contribution in [2.75, 3.05) is 6.54 Å². The molecular formula is C7H14N4. The third kappa shape index (κ3) is 2.69. The van der Waals surface area contributed by atoms with Gasteiger partial charge < -0.3 is 11.1 Å². The lowest BCUT2D eigenvalue weighted by atomic mass is 10.3. The number of aromatic nitrogens is 2. The van der Waals surface area contributed by atoms with Crippen LogP contribution in [-0.4, -0.2) is 22.8 Å². The zero-order valence-corrected chi connectivity index (χ0v) is 6.67. The molecule has 1 heterocycles. The number of nitrogens with one attached hydrogen (secondary N) is 2. The first-order chi connectivity index (χ1) is 5.33. The van der Waals surface area contributed by atoms with Gasteiger partial charge in [-0.05, 0) is 6.92 Å². The van der Waals surface area contributed by atoms with Crippen LogP contribution in [0.5, 0.6) is 0 Å². The predicted molar refractivity (Wildman–Crippen MR) is 43.9 cm³/mol. The maximum absolute atomic E-state index is 5.43. The monoisotopic (exact) mass is 154 g/mol.